The molecule has 0 spiro atoms. The van der Waals surface area contributed by atoms with E-state index in [1.165, 1.54) is 131 Å². The van der Waals surface area contributed by atoms with Crippen LogP contribution < -0.4 is 137 Å². The van der Waals surface area contributed by atoms with Crippen LogP contribution in [0.4, 0.5) is 13.2 Å². The summed E-state index contributed by atoms with van der Waals surface area (Å²) in [4.78, 5) is 20.8. The summed E-state index contributed by atoms with van der Waals surface area (Å²) in [6.45, 7) is 11.8. The minimum atomic E-state index is -4.74. The number of hydrogen-bond donors (Lipinski definition) is 4. The molecule has 6 aromatic rings. The maximum atomic E-state index is 11.2. The number of hydrogen-bond acceptors (Lipinski definition) is 13. The van der Waals surface area contributed by atoms with Gasteiger partial charge in [-0.05, 0) is 248 Å². The number of fused-ring (bicyclic) bond motifs is 9. The van der Waals surface area contributed by atoms with Crippen LogP contribution in [0.5, 0.6) is 0 Å². The Kier molecular flexibility index (Phi) is 38.9. The third-order valence-corrected chi connectivity index (χ3v) is 21.8. The van der Waals surface area contributed by atoms with Crippen molar-refractivity contribution >= 4 is 20.1 Å². The molecule has 3 radical (unpaired) electrons. The van der Waals surface area contributed by atoms with E-state index in [2.05, 4.69) is 106 Å². The van der Waals surface area contributed by atoms with Crippen LogP contribution in [0.2, 0.25) is 0 Å². The normalized spacial score (nSPS) is 24.3. The molecule has 24 heteroatoms. The van der Waals surface area contributed by atoms with Gasteiger partial charge < -0.3 is 142 Å². The van der Waals surface area contributed by atoms with Gasteiger partial charge in [-0.3, -0.25) is 4.79 Å². The summed E-state index contributed by atoms with van der Waals surface area (Å²) in [5, 5.41) is 47.5. The number of halogens is 7. The van der Waals surface area contributed by atoms with Gasteiger partial charge in [0.15, 0.2) is 5.82 Å². The number of carbonyl (C=O) groups is 2. The van der Waals surface area contributed by atoms with E-state index in [9.17, 15) is 33.0 Å². The molecule has 9 saturated carbocycles. The van der Waals surface area contributed by atoms with E-state index < -0.39 is 12.1 Å². The van der Waals surface area contributed by atoms with Crippen LogP contribution >= 0.6 is 0 Å². The first-order valence-corrected chi connectivity index (χ1v) is 33.0. The molecule has 15 rings (SSSR count). The monoisotopic (exact) mass is 1790 g/mol. The van der Waals surface area contributed by atoms with Crippen molar-refractivity contribution in [2.24, 2.45) is 29.0 Å². The van der Waals surface area contributed by atoms with Crippen molar-refractivity contribution < 1.29 is 174 Å². The number of aliphatic hydroxyl groups excluding tert-OH is 2. The maximum Gasteiger partial charge on any atom is 1.00 e. The van der Waals surface area contributed by atoms with Gasteiger partial charge in [-0.25, -0.2) is 0 Å². The number of aliphatic hydroxyl groups is 2. The van der Waals surface area contributed by atoms with E-state index in [0.717, 1.165) is 118 Å². The van der Waals surface area contributed by atoms with Crippen molar-refractivity contribution in [3.05, 3.63) is 107 Å². The summed E-state index contributed by atoms with van der Waals surface area (Å²) in [5.74, 6) is 3.59. The van der Waals surface area contributed by atoms with Gasteiger partial charge in [0.1, 0.15) is 11.6 Å². The fourth-order valence-electron chi connectivity index (χ4n) is 15.9. The first-order chi connectivity index (χ1) is 42.5. The van der Waals surface area contributed by atoms with Crippen molar-refractivity contribution in [3.63, 3.8) is 0 Å². The first-order valence-electron chi connectivity index (χ1n) is 33.0. The second-order valence-corrected chi connectivity index (χ2v) is 27.6. The number of carbonyl (C=O) groups excluding carboxylic acids is 2. The molecule has 2 atom stereocenters. The molecule has 15 nitrogen and oxygen atoms in total. The van der Waals surface area contributed by atoms with Crippen molar-refractivity contribution in [1.29, 1.82) is 0 Å². The van der Waals surface area contributed by atoms with Gasteiger partial charge >= 0.3 is 41.6 Å². The summed E-state index contributed by atoms with van der Waals surface area (Å²) in [5.41, 5.74) is 13.2. The zero-order valence-electron chi connectivity index (χ0n) is 62.6. The smallest absolute Gasteiger partial charge is 1.00 e. The number of amides is 1. The molecule has 9 aliphatic rings. The SMILES string of the molecule is C.CC(=O)CCCC12CCC(c3nnc(-c4ccccc4C)o3)(CC1)CC2.CN.CNC(=O)C(F)(F)F.Cc1ccccc1-c1nnc(C23CCC(CCCC(C)O)(CC2)CC3)n1C.Cc1ccccc1-c1nnc(C23CCC(CCCC(C)O)(CC2)CC3)o1.[B].[H-].[H-].[H-].[H-].[H-].[I-].[I-].[I-].[I-].[Na+]. The van der Waals surface area contributed by atoms with E-state index in [1.807, 2.05) is 44.2 Å². The molecule has 9 fully saturated rings. The molecule has 3 aromatic carbocycles. The maximum absolute atomic E-state index is 11.2. The van der Waals surface area contributed by atoms with Gasteiger partial charge in [-0.15, -0.1) is 30.6 Å². The molecule has 5 N–H and O–H groups in total. The van der Waals surface area contributed by atoms with Crippen LogP contribution in [-0.2, 0) is 32.9 Å². The number of nitrogens with zero attached hydrogens (tertiary/aromatic N) is 7. The van der Waals surface area contributed by atoms with E-state index in [0.29, 0.717) is 33.8 Å². The van der Waals surface area contributed by atoms with E-state index in [1.54, 1.807) is 6.92 Å². The number of aromatic nitrogens is 7. The van der Waals surface area contributed by atoms with Gasteiger partial charge in [0.05, 0.1) is 12.2 Å². The molecule has 6 bridgehead atoms. The number of Topliss-reactive ketones (excluding diaryl/α,β-unsaturated/α-hetero) is 1. The predicted molar refractivity (Wildman–Crippen MR) is 359 cm³/mol. The Morgan fingerprint density at radius 2 is 0.885 bits per heavy atom. The Labute approximate surface area is 669 Å². The number of aryl methyl sites for hydroxylation is 3. The van der Waals surface area contributed by atoms with E-state index in [-0.39, 0.29) is 177 Å². The van der Waals surface area contributed by atoms with Gasteiger partial charge in [-0.2, -0.15) is 13.2 Å². The summed E-state index contributed by atoms with van der Waals surface area (Å²) < 4.78 is 47.8. The first kappa shape index (κ1) is 91.9. The average molecular weight is 1800 g/mol. The Morgan fingerprint density at radius 3 is 1.19 bits per heavy atom. The number of nitrogens with one attached hydrogen (secondary N) is 1. The fourth-order valence-corrected chi connectivity index (χ4v) is 15.9. The number of rotatable bonds is 18. The van der Waals surface area contributed by atoms with Gasteiger partial charge in [0.25, 0.3) is 0 Å². The van der Waals surface area contributed by atoms with Crippen LogP contribution in [0.15, 0.2) is 81.6 Å². The fraction of sp³-hybridized carbons (Fsp3) is 0.639. The number of alkyl halides is 3. The zero-order chi connectivity index (χ0) is 64.3. The molecule has 2 unspecified atom stereocenters. The molecule has 0 aliphatic heterocycles. The number of nitrogens with two attached hydrogens (primary N) is 1. The molecule has 3 heterocycles. The van der Waals surface area contributed by atoms with Crippen LogP contribution in [0.1, 0.15) is 243 Å². The standard InChI is InChI=1S/C23H33N3O.C22H30N2O2.C22H28N2O2.C3H4F3NO.CH5N.CH4.B.4HI.Na.5H/c1-17-7-4-5-9-19(17)20-24-25-21(26(20)3)23-14-11-22(12-15-23,13-16-23)10-6-8-18(2)27;2*1-16-6-3-4-8-18(16)19-23-24-20(26-19)22-13-10-21(11-14-22,12-15-22)9-5-7-17(2)25;1-7-2(8)3(4,5)6;1-2;;;;;;;;;;;;/h4-5,7,9,18,27H,6,8,10-16H2,1-3H3;3-4,6,8,17,25H,5,7,9-15H2,1-2H3;3-4,6,8H,5,7,9-15H2,1-2H3;1H3,(H,7,8);2H2,1H3;1H4;;4*1H;;;;;;/q;;;;;;;;;;;+1;5*-1/p-4. The summed E-state index contributed by atoms with van der Waals surface area (Å²) in [6, 6.07) is 24.8. The molecule has 0 saturated heterocycles. The minimum Gasteiger partial charge on any atom is -1.00 e. The van der Waals surface area contributed by atoms with Crippen molar-refractivity contribution in [3.8, 4) is 34.3 Å². The third-order valence-electron chi connectivity index (χ3n) is 21.8. The zero-order valence-corrected chi connectivity index (χ0v) is 68.3. The molecule has 1 amide bonds. The molecule has 539 valence electrons. The topological polar surface area (TPSA) is 221 Å². The Bertz CT molecular complexity index is 3270. The van der Waals surface area contributed by atoms with Crippen molar-refractivity contribution in [2.45, 2.75) is 257 Å². The quantitative estimate of drug-likeness (QED) is 0.0704. The minimum absolute atomic E-state index is 0. The van der Waals surface area contributed by atoms with Gasteiger partial charge in [0.2, 0.25) is 23.6 Å². The Morgan fingerprint density at radius 1 is 0.562 bits per heavy atom. The predicted octanol–water partition coefficient (Wildman–Crippen LogP) is 1.23. The van der Waals surface area contributed by atoms with Gasteiger partial charge in [-0.1, -0.05) is 80.9 Å². The van der Waals surface area contributed by atoms with Crippen molar-refractivity contribution in [2.75, 3.05) is 14.1 Å². The largest absolute Gasteiger partial charge is 1.00 e. The van der Waals surface area contributed by atoms with Crippen LogP contribution in [-0.4, -0.2) is 98.0 Å². The van der Waals surface area contributed by atoms with Crippen LogP contribution in [0, 0.1) is 37.0 Å². The van der Waals surface area contributed by atoms with Crippen molar-refractivity contribution in [1.82, 2.24) is 40.5 Å². The second kappa shape index (κ2) is 40.6. The van der Waals surface area contributed by atoms with E-state index in [4.69, 9.17) is 13.9 Å². The van der Waals surface area contributed by atoms with Crippen LogP contribution in [0.25, 0.3) is 34.3 Å². The van der Waals surface area contributed by atoms with E-state index >= 15 is 0 Å². The second-order valence-electron chi connectivity index (χ2n) is 27.6. The molecule has 96 heavy (non-hydrogen) atoms. The molecular formula is C72H109BF3I4N9NaO6-8. The Hall–Kier alpha value is -2.13. The molecule has 9 aliphatic carbocycles. The summed E-state index contributed by atoms with van der Waals surface area (Å²) in [6.07, 6.45) is 26.6. The van der Waals surface area contributed by atoms with Gasteiger partial charge in [0, 0.05) is 61.9 Å². The summed E-state index contributed by atoms with van der Waals surface area (Å²) >= 11 is 0. The molecule has 3 aromatic heterocycles. The third kappa shape index (κ3) is 22.4. The van der Waals surface area contributed by atoms with Crippen LogP contribution in [0.3, 0.4) is 0 Å². The average Bonchev–Trinajstić information content (AvgIpc) is 1.03. The Balaban J connectivity index is -0.000000405. The number of benzene rings is 3. The number of ketones is 1. The summed E-state index contributed by atoms with van der Waals surface area (Å²) in [7, 11) is 4.57. The molecular weight excluding hydrogens is 1690 g/mol.